The Bertz CT molecular complexity index is 363. The second-order valence-corrected chi connectivity index (χ2v) is 4.13. The minimum absolute atomic E-state index is 0.314. The first-order valence-corrected chi connectivity index (χ1v) is 5.28. The zero-order valence-corrected chi connectivity index (χ0v) is 9.80. The van der Waals surface area contributed by atoms with E-state index < -0.39 is 11.9 Å². The molecule has 0 saturated heterocycles. The van der Waals surface area contributed by atoms with E-state index in [4.69, 9.17) is 9.84 Å². The SMILES string of the molecule is COc1cccc(C(CC(C)C)C(=O)O)n1. The van der Waals surface area contributed by atoms with Crippen molar-refractivity contribution >= 4 is 5.97 Å². The lowest BCUT2D eigenvalue weighted by Crippen LogP contribution is -2.15. The van der Waals surface area contributed by atoms with Gasteiger partial charge in [-0.1, -0.05) is 19.9 Å². The largest absolute Gasteiger partial charge is 0.481 e. The molecular weight excluding hydrogens is 206 g/mol. The highest BCUT2D eigenvalue weighted by Crippen LogP contribution is 2.24. The Morgan fingerprint density at radius 2 is 2.19 bits per heavy atom. The molecule has 1 aromatic rings. The average Bonchev–Trinajstić information content (AvgIpc) is 2.25. The highest BCUT2D eigenvalue weighted by molar-refractivity contribution is 5.75. The smallest absolute Gasteiger partial charge is 0.312 e. The highest BCUT2D eigenvalue weighted by atomic mass is 16.5. The molecule has 4 heteroatoms. The van der Waals surface area contributed by atoms with E-state index in [9.17, 15) is 4.79 Å². The van der Waals surface area contributed by atoms with Crippen molar-refractivity contribution in [1.82, 2.24) is 4.98 Å². The maximum atomic E-state index is 11.2. The van der Waals surface area contributed by atoms with Crippen LogP contribution in [0.2, 0.25) is 0 Å². The molecule has 0 aliphatic heterocycles. The third-order valence-corrected chi connectivity index (χ3v) is 2.32. The van der Waals surface area contributed by atoms with Gasteiger partial charge in [0.25, 0.3) is 0 Å². The molecule has 16 heavy (non-hydrogen) atoms. The van der Waals surface area contributed by atoms with E-state index in [0.29, 0.717) is 23.9 Å². The number of carboxylic acids is 1. The van der Waals surface area contributed by atoms with Crippen molar-refractivity contribution in [2.75, 3.05) is 7.11 Å². The molecule has 0 bridgehead atoms. The Hall–Kier alpha value is -1.58. The summed E-state index contributed by atoms with van der Waals surface area (Å²) in [6.45, 7) is 3.99. The second-order valence-electron chi connectivity index (χ2n) is 4.13. The van der Waals surface area contributed by atoms with Crippen molar-refractivity contribution in [2.24, 2.45) is 5.92 Å². The van der Waals surface area contributed by atoms with E-state index in [-0.39, 0.29) is 0 Å². The van der Waals surface area contributed by atoms with Gasteiger partial charge in [-0.3, -0.25) is 4.79 Å². The summed E-state index contributed by atoms with van der Waals surface area (Å²) in [5.74, 6) is -0.633. The molecule has 1 atom stereocenters. The summed E-state index contributed by atoms with van der Waals surface area (Å²) < 4.78 is 4.99. The molecule has 4 nitrogen and oxygen atoms in total. The maximum absolute atomic E-state index is 11.2. The number of pyridine rings is 1. The van der Waals surface area contributed by atoms with Crippen LogP contribution >= 0.6 is 0 Å². The quantitative estimate of drug-likeness (QED) is 0.832. The van der Waals surface area contributed by atoms with Gasteiger partial charge in [0.2, 0.25) is 5.88 Å². The maximum Gasteiger partial charge on any atom is 0.312 e. The van der Waals surface area contributed by atoms with Crippen molar-refractivity contribution in [3.8, 4) is 5.88 Å². The number of hydrogen-bond acceptors (Lipinski definition) is 3. The molecule has 1 unspecified atom stereocenters. The number of methoxy groups -OCH3 is 1. The third-order valence-electron chi connectivity index (χ3n) is 2.32. The second kappa shape index (κ2) is 5.49. The van der Waals surface area contributed by atoms with Crippen LogP contribution in [0.1, 0.15) is 31.9 Å². The van der Waals surface area contributed by atoms with Crippen molar-refractivity contribution < 1.29 is 14.6 Å². The topological polar surface area (TPSA) is 59.4 Å². The molecule has 88 valence electrons. The predicted molar refractivity (Wildman–Crippen MR) is 60.6 cm³/mol. The Morgan fingerprint density at radius 1 is 1.50 bits per heavy atom. The van der Waals surface area contributed by atoms with Gasteiger partial charge in [-0.15, -0.1) is 0 Å². The summed E-state index contributed by atoms with van der Waals surface area (Å²) in [5, 5.41) is 9.16. The molecule has 1 aromatic heterocycles. The Morgan fingerprint density at radius 3 is 2.69 bits per heavy atom. The number of nitrogens with zero attached hydrogens (tertiary/aromatic N) is 1. The minimum atomic E-state index is -0.838. The molecule has 0 aliphatic rings. The monoisotopic (exact) mass is 223 g/mol. The van der Waals surface area contributed by atoms with Crippen LogP contribution in [0, 0.1) is 5.92 Å². The first-order valence-electron chi connectivity index (χ1n) is 5.28. The van der Waals surface area contributed by atoms with Crippen LogP contribution in [-0.2, 0) is 4.79 Å². The molecular formula is C12H17NO3. The standard InChI is InChI=1S/C12H17NO3/c1-8(2)7-9(12(14)15)10-5-4-6-11(13-10)16-3/h4-6,8-9H,7H2,1-3H3,(H,14,15). The zero-order chi connectivity index (χ0) is 12.1. The number of ether oxygens (including phenoxy) is 1. The van der Waals surface area contributed by atoms with Gasteiger partial charge in [-0.05, 0) is 18.4 Å². The fourth-order valence-electron chi connectivity index (χ4n) is 1.56. The van der Waals surface area contributed by atoms with Gasteiger partial charge in [0.05, 0.1) is 18.7 Å². The van der Waals surface area contributed by atoms with Gasteiger partial charge in [-0.25, -0.2) is 4.98 Å². The molecule has 0 amide bonds. The summed E-state index contributed by atoms with van der Waals surface area (Å²) in [6, 6.07) is 5.19. The predicted octanol–water partition coefficient (Wildman–Crippen LogP) is 2.30. The summed E-state index contributed by atoms with van der Waals surface area (Å²) in [5.41, 5.74) is 0.556. The van der Waals surface area contributed by atoms with Crippen molar-refractivity contribution in [3.63, 3.8) is 0 Å². The first-order chi connectivity index (χ1) is 7.54. The Balaban J connectivity index is 2.96. The summed E-state index contributed by atoms with van der Waals surface area (Å²) in [7, 11) is 1.52. The molecule has 0 saturated carbocycles. The van der Waals surface area contributed by atoms with E-state index in [2.05, 4.69) is 4.98 Å². The number of carbonyl (C=O) groups is 1. The minimum Gasteiger partial charge on any atom is -0.481 e. The van der Waals surface area contributed by atoms with Crippen LogP contribution in [-0.4, -0.2) is 23.2 Å². The highest BCUT2D eigenvalue weighted by Gasteiger charge is 2.22. The van der Waals surface area contributed by atoms with E-state index in [0.717, 1.165) is 0 Å². The van der Waals surface area contributed by atoms with Crippen molar-refractivity contribution in [3.05, 3.63) is 23.9 Å². The van der Waals surface area contributed by atoms with Crippen LogP contribution in [0.4, 0.5) is 0 Å². The molecule has 0 radical (unpaired) electrons. The number of hydrogen-bond donors (Lipinski definition) is 1. The molecule has 0 aliphatic carbocycles. The van der Waals surface area contributed by atoms with E-state index >= 15 is 0 Å². The average molecular weight is 223 g/mol. The molecule has 0 aromatic carbocycles. The molecule has 0 spiro atoms. The normalized spacial score (nSPS) is 12.5. The van der Waals surface area contributed by atoms with Crippen molar-refractivity contribution in [2.45, 2.75) is 26.2 Å². The van der Waals surface area contributed by atoms with Gasteiger partial charge in [0.1, 0.15) is 0 Å². The van der Waals surface area contributed by atoms with Gasteiger partial charge in [0.15, 0.2) is 0 Å². The van der Waals surface area contributed by atoms with E-state index in [1.54, 1.807) is 18.2 Å². The lowest BCUT2D eigenvalue weighted by Gasteiger charge is -2.14. The Labute approximate surface area is 95.3 Å². The summed E-state index contributed by atoms with van der Waals surface area (Å²) in [6.07, 6.45) is 0.579. The van der Waals surface area contributed by atoms with Crippen LogP contribution in [0.25, 0.3) is 0 Å². The van der Waals surface area contributed by atoms with Gasteiger partial charge >= 0.3 is 5.97 Å². The first kappa shape index (κ1) is 12.5. The fraction of sp³-hybridized carbons (Fsp3) is 0.500. The van der Waals surface area contributed by atoms with Gasteiger partial charge in [-0.2, -0.15) is 0 Å². The molecule has 1 heterocycles. The van der Waals surface area contributed by atoms with E-state index in [1.807, 2.05) is 13.8 Å². The van der Waals surface area contributed by atoms with Gasteiger partial charge < -0.3 is 9.84 Å². The van der Waals surface area contributed by atoms with Crippen LogP contribution in [0.15, 0.2) is 18.2 Å². The number of carboxylic acid groups (broad SMARTS) is 1. The van der Waals surface area contributed by atoms with Crippen LogP contribution in [0.5, 0.6) is 5.88 Å². The fourth-order valence-corrected chi connectivity index (χ4v) is 1.56. The molecule has 1 rings (SSSR count). The lowest BCUT2D eigenvalue weighted by molar-refractivity contribution is -0.139. The third kappa shape index (κ3) is 3.22. The van der Waals surface area contributed by atoms with Gasteiger partial charge in [0, 0.05) is 6.07 Å². The van der Waals surface area contributed by atoms with Crippen LogP contribution < -0.4 is 4.74 Å². The zero-order valence-electron chi connectivity index (χ0n) is 9.80. The number of aliphatic carboxylic acids is 1. The van der Waals surface area contributed by atoms with E-state index in [1.165, 1.54) is 7.11 Å². The summed E-state index contributed by atoms with van der Waals surface area (Å²) >= 11 is 0. The number of aromatic nitrogens is 1. The molecule has 1 N–H and O–H groups in total. The van der Waals surface area contributed by atoms with Crippen LogP contribution in [0.3, 0.4) is 0 Å². The molecule has 0 fully saturated rings. The van der Waals surface area contributed by atoms with Crippen molar-refractivity contribution in [1.29, 1.82) is 0 Å². The number of rotatable bonds is 5. The summed E-state index contributed by atoms with van der Waals surface area (Å²) in [4.78, 5) is 15.3. The lowest BCUT2D eigenvalue weighted by atomic mass is 9.94. The Kier molecular flexibility index (Phi) is 4.28.